The van der Waals surface area contributed by atoms with Gasteiger partial charge < -0.3 is 10.6 Å². The molecule has 0 amide bonds. The first-order chi connectivity index (χ1) is 8.13. The van der Waals surface area contributed by atoms with E-state index in [0.717, 1.165) is 26.1 Å². The van der Waals surface area contributed by atoms with Crippen molar-refractivity contribution >= 4 is 0 Å². The lowest BCUT2D eigenvalue weighted by Crippen LogP contribution is -2.32. The maximum atomic E-state index is 12.7. The van der Waals surface area contributed by atoms with Crippen molar-refractivity contribution in [2.75, 3.05) is 26.7 Å². The Kier molecular flexibility index (Phi) is 3.79. The minimum Gasteiger partial charge on any atom is -0.330 e. The van der Waals surface area contributed by atoms with Crippen molar-refractivity contribution in [3.05, 3.63) is 35.6 Å². The molecule has 1 fully saturated rings. The lowest BCUT2D eigenvalue weighted by Gasteiger charge is -2.22. The maximum Gasteiger partial charge on any atom is 0.123 e. The lowest BCUT2D eigenvalue weighted by molar-refractivity contribution is 0.269. The van der Waals surface area contributed by atoms with Crippen LogP contribution in [0.3, 0.4) is 0 Å². The van der Waals surface area contributed by atoms with Crippen LogP contribution < -0.4 is 5.73 Å². The van der Waals surface area contributed by atoms with E-state index in [1.807, 2.05) is 12.1 Å². The van der Waals surface area contributed by atoms with E-state index < -0.39 is 0 Å². The Morgan fingerprint density at radius 3 is 2.47 bits per heavy atom. The predicted molar refractivity (Wildman–Crippen MR) is 68.3 cm³/mol. The third-order valence-corrected chi connectivity index (χ3v) is 3.69. The van der Waals surface area contributed by atoms with Crippen molar-refractivity contribution in [1.82, 2.24) is 4.90 Å². The van der Waals surface area contributed by atoms with E-state index >= 15 is 0 Å². The highest BCUT2D eigenvalue weighted by Crippen LogP contribution is 2.44. The molecular formula is C14H21FN2. The van der Waals surface area contributed by atoms with Gasteiger partial charge in [-0.05, 0) is 56.0 Å². The van der Waals surface area contributed by atoms with Gasteiger partial charge in [-0.3, -0.25) is 0 Å². The Bertz CT molecular complexity index is 357. The average molecular weight is 236 g/mol. The lowest BCUT2D eigenvalue weighted by atomic mass is 10.1. The number of halogens is 1. The molecule has 2 nitrogen and oxygen atoms in total. The van der Waals surface area contributed by atoms with Crippen molar-refractivity contribution in [2.24, 2.45) is 11.1 Å². The molecule has 1 aromatic carbocycles. The van der Waals surface area contributed by atoms with Gasteiger partial charge in [0.15, 0.2) is 0 Å². The van der Waals surface area contributed by atoms with E-state index in [1.165, 1.54) is 30.5 Å². The molecule has 17 heavy (non-hydrogen) atoms. The van der Waals surface area contributed by atoms with Crippen molar-refractivity contribution in [3.8, 4) is 0 Å². The van der Waals surface area contributed by atoms with Gasteiger partial charge >= 0.3 is 0 Å². The van der Waals surface area contributed by atoms with Crippen LogP contribution in [0.1, 0.15) is 18.4 Å². The highest BCUT2D eigenvalue weighted by atomic mass is 19.1. The Hall–Kier alpha value is -0.930. The quantitative estimate of drug-likeness (QED) is 0.819. The molecule has 2 N–H and O–H groups in total. The monoisotopic (exact) mass is 236 g/mol. The first-order valence-corrected chi connectivity index (χ1v) is 6.27. The van der Waals surface area contributed by atoms with Gasteiger partial charge in [0.2, 0.25) is 0 Å². The minimum absolute atomic E-state index is 0.165. The third-order valence-electron chi connectivity index (χ3n) is 3.69. The minimum atomic E-state index is -0.165. The van der Waals surface area contributed by atoms with Gasteiger partial charge in [-0.25, -0.2) is 4.39 Å². The van der Waals surface area contributed by atoms with Crippen molar-refractivity contribution in [1.29, 1.82) is 0 Å². The van der Waals surface area contributed by atoms with Crippen LogP contribution in [0.5, 0.6) is 0 Å². The normalized spacial score (nSPS) is 17.4. The van der Waals surface area contributed by atoms with Crippen LogP contribution >= 0.6 is 0 Å². The Balaban J connectivity index is 1.76. The fraction of sp³-hybridized carbons (Fsp3) is 0.571. The molecule has 94 valence electrons. The molecule has 0 heterocycles. The molecule has 1 aliphatic rings. The molecule has 3 heteroatoms. The average Bonchev–Trinajstić information content (AvgIpc) is 3.09. The predicted octanol–water partition coefficient (Wildman–Crippen LogP) is 2.04. The largest absolute Gasteiger partial charge is 0.330 e. The van der Waals surface area contributed by atoms with Crippen molar-refractivity contribution in [3.63, 3.8) is 0 Å². The molecule has 1 saturated carbocycles. The summed E-state index contributed by atoms with van der Waals surface area (Å²) in [6.45, 7) is 2.89. The zero-order valence-electron chi connectivity index (χ0n) is 10.5. The second-order valence-electron chi connectivity index (χ2n) is 5.32. The van der Waals surface area contributed by atoms with Crippen LogP contribution in [0.15, 0.2) is 24.3 Å². The number of rotatable bonds is 6. The SMILES string of the molecule is CN(CCc1ccc(F)cc1)CC1(CN)CC1. The summed E-state index contributed by atoms with van der Waals surface area (Å²) in [5, 5.41) is 0. The maximum absolute atomic E-state index is 12.7. The fourth-order valence-corrected chi connectivity index (χ4v) is 2.23. The van der Waals surface area contributed by atoms with Crippen LogP contribution in [0, 0.1) is 11.2 Å². The molecule has 2 rings (SSSR count). The molecule has 1 aromatic rings. The number of hydrogen-bond acceptors (Lipinski definition) is 2. The van der Waals surface area contributed by atoms with Crippen LogP contribution in [0.2, 0.25) is 0 Å². The number of benzene rings is 1. The number of nitrogens with zero attached hydrogens (tertiary/aromatic N) is 1. The first kappa shape index (κ1) is 12.5. The standard InChI is InChI=1S/C14H21FN2/c1-17(11-14(10-16)7-8-14)9-6-12-2-4-13(15)5-3-12/h2-5H,6-11,16H2,1H3. The summed E-state index contributed by atoms with van der Waals surface area (Å²) in [6, 6.07) is 6.77. The van der Waals surface area contributed by atoms with E-state index in [4.69, 9.17) is 5.73 Å². The molecule has 1 aliphatic carbocycles. The highest BCUT2D eigenvalue weighted by molar-refractivity contribution is 5.16. The van der Waals surface area contributed by atoms with Crippen LogP contribution in [-0.4, -0.2) is 31.6 Å². The summed E-state index contributed by atoms with van der Waals surface area (Å²) in [7, 11) is 2.14. The smallest absolute Gasteiger partial charge is 0.123 e. The molecule has 0 aliphatic heterocycles. The van der Waals surface area contributed by atoms with Gasteiger partial charge in [-0.1, -0.05) is 12.1 Å². The van der Waals surface area contributed by atoms with E-state index in [9.17, 15) is 4.39 Å². The molecule has 0 spiro atoms. The molecule has 0 bridgehead atoms. The highest BCUT2D eigenvalue weighted by Gasteiger charge is 2.41. The zero-order valence-corrected chi connectivity index (χ0v) is 10.5. The zero-order chi connectivity index (χ0) is 12.3. The van der Waals surface area contributed by atoms with Gasteiger partial charge in [0.25, 0.3) is 0 Å². The Morgan fingerprint density at radius 2 is 1.94 bits per heavy atom. The number of nitrogens with two attached hydrogens (primary N) is 1. The van der Waals surface area contributed by atoms with Gasteiger partial charge in [-0.15, -0.1) is 0 Å². The van der Waals surface area contributed by atoms with E-state index in [1.54, 1.807) is 0 Å². The van der Waals surface area contributed by atoms with Gasteiger partial charge in [-0.2, -0.15) is 0 Å². The Labute approximate surface area is 103 Å². The summed E-state index contributed by atoms with van der Waals surface area (Å²) < 4.78 is 12.7. The summed E-state index contributed by atoms with van der Waals surface area (Å²) in [5.74, 6) is -0.165. The van der Waals surface area contributed by atoms with Crippen LogP contribution in [0.25, 0.3) is 0 Å². The van der Waals surface area contributed by atoms with Gasteiger partial charge in [0.05, 0.1) is 0 Å². The van der Waals surface area contributed by atoms with Crippen molar-refractivity contribution < 1.29 is 4.39 Å². The summed E-state index contributed by atoms with van der Waals surface area (Å²) in [5.41, 5.74) is 7.36. The molecule has 0 saturated heterocycles. The summed E-state index contributed by atoms with van der Waals surface area (Å²) in [4.78, 5) is 2.34. The van der Waals surface area contributed by atoms with Crippen LogP contribution in [-0.2, 0) is 6.42 Å². The second kappa shape index (κ2) is 5.15. The molecular weight excluding hydrogens is 215 g/mol. The molecule has 0 unspecified atom stereocenters. The van der Waals surface area contributed by atoms with E-state index in [-0.39, 0.29) is 5.82 Å². The van der Waals surface area contributed by atoms with Gasteiger partial charge in [0.1, 0.15) is 5.82 Å². The number of likely N-dealkylation sites (N-methyl/N-ethyl adjacent to an activating group) is 1. The second-order valence-corrected chi connectivity index (χ2v) is 5.32. The molecule has 0 radical (unpaired) electrons. The topological polar surface area (TPSA) is 29.3 Å². The van der Waals surface area contributed by atoms with E-state index in [0.29, 0.717) is 5.41 Å². The van der Waals surface area contributed by atoms with Gasteiger partial charge in [0, 0.05) is 13.1 Å². The Morgan fingerprint density at radius 1 is 1.29 bits per heavy atom. The van der Waals surface area contributed by atoms with E-state index in [2.05, 4.69) is 11.9 Å². The molecule has 0 aromatic heterocycles. The molecule has 0 atom stereocenters. The third kappa shape index (κ3) is 3.51. The van der Waals surface area contributed by atoms with Crippen LogP contribution in [0.4, 0.5) is 4.39 Å². The van der Waals surface area contributed by atoms with Crippen molar-refractivity contribution in [2.45, 2.75) is 19.3 Å². The fourth-order valence-electron chi connectivity index (χ4n) is 2.23. The first-order valence-electron chi connectivity index (χ1n) is 6.27. The summed E-state index contributed by atoms with van der Waals surface area (Å²) in [6.07, 6.45) is 3.51. The summed E-state index contributed by atoms with van der Waals surface area (Å²) >= 11 is 0. The number of hydrogen-bond donors (Lipinski definition) is 1.